The summed E-state index contributed by atoms with van der Waals surface area (Å²) in [6.07, 6.45) is 1.56. The van der Waals surface area contributed by atoms with Gasteiger partial charge < -0.3 is 10.2 Å². The van der Waals surface area contributed by atoms with Gasteiger partial charge in [0.05, 0.1) is 12.6 Å². The molecule has 1 aromatic heterocycles. The van der Waals surface area contributed by atoms with E-state index in [4.69, 9.17) is 4.99 Å². The van der Waals surface area contributed by atoms with Crippen molar-refractivity contribution in [2.45, 2.75) is 65.7 Å². The van der Waals surface area contributed by atoms with Crippen LogP contribution in [0.1, 0.15) is 80.8 Å². The van der Waals surface area contributed by atoms with Gasteiger partial charge in [-0.3, -0.25) is 14.6 Å². The SMILES string of the molecule is CC(C)(C)CC[C@H](c1ccc(C(=O)NCc2nn[nH]n2)cc1)N1C(=O)C(c2cccc(F)c2)=NC1(C)C. The Morgan fingerprint density at radius 2 is 1.89 bits per heavy atom. The van der Waals surface area contributed by atoms with Gasteiger partial charge in [0.1, 0.15) is 17.2 Å². The third-order valence-electron chi connectivity index (χ3n) is 6.33. The number of nitrogens with one attached hydrogen (secondary N) is 2. The predicted octanol–water partition coefficient (Wildman–Crippen LogP) is 4.20. The molecule has 0 unspecified atom stereocenters. The first-order valence-electron chi connectivity index (χ1n) is 12.2. The fourth-order valence-corrected chi connectivity index (χ4v) is 4.47. The van der Waals surface area contributed by atoms with Crippen molar-refractivity contribution < 1.29 is 14.0 Å². The van der Waals surface area contributed by atoms with Gasteiger partial charge in [0.15, 0.2) is 5.82 Å². The summed E-state index contributed by atoms with van der Waals surface area (Å²) in [6.45, 7) is 10.4. The van der Waals surface area contributed by atoms with Crippen molar-refractivity contribution in [2.75, 3.05) is 0 Å². The van der Waals surface area contributed by atoms with Gasteiger partial charge in [-0.25, -0.2) is 4.39 Å². The van der Waals surface area contributed by atoms with Gasteiger partial charge in [0.2, 0.25) is 0 Å². The van der Waals surface area contributed by atoms with Crippen LogP contribution < -0.4 is 5.32 Å². The number of aromatic nitrogens is 4. The summed E-state index contributed by atoms with van der Waals surface area (Å²) in [4.78, 5) is 32.8. The average molecular weight is 506 g/mol. The van der Waals surface area contributed by atoms with Crippen LogP contribution in [0.2, 0.25) is 0 Å². The standard InChI is InChI=1S/C27H32FN7O2/c1-26(2,3)14-13-21(17-9-11-18(12-10-17)24(36)29-16-22-31-33-34-32-22)35-25(37)23(30-27(35,4)5)19-7-6-8-20(28)15-19/h6-12,15,21H,13-14,16H2,1-5H3,(H,29,36)(H,31,32,33,34)/t21-/m1/s1. The normalized spacial score (nSPS) is 16.0. The molecule has 3 aromatic rings. The first kappa shape index (κ1) is 26.1. The van der Waals surface area contributed by atoms with Crippen molar-refractivity contribution >= 4 is 17.5 Å². The number of tetrazole rings is 1. The molecule has 2 heterocycles. The molecule has 1 atom stereocenters. The van der Waals surface area contributed by atoms with Crippen LogP contribution in [0.25, 0.3) is 0 Å². The number of H-pyrrole nitrogens is 1. The summed E-state index contributed by atoms with van der Waals surface area (Å²) < 4.78 is 13.9. The van der Waals surface area contributed by atoms with Crippen molar-refractivity contribution in [1.82, 2.24) is 30.8 Å². The molecule has 2 N–H and O–H groups in total. The fourth-order valence-electron chi connectivity index (χ4n) is 4.47. The third kappa shape index (κ3) is 6.07. The van der Waals surface area contributed by atoms with Gasteiger partial charge >= 0.3 is 0 Å². The maximum Gasteiger partial charge on any atom is 0.275 e. The second-order valence-electron chi connectivity index (χ2n) is 10.9. The number of aliphatic imine (C=N–C) groups is 1. The van der Waals surface area contributed by atoms with E-state index in [9.17, 15) is 14.0 Å². The highest BCUT2D eigenvalue weighted by Gasteiger charge is 2.45. The molecule has 194 valence electrons. The van der Waals surface area contributed by atoms with E-state index >= 15 is 0 Å². The molecular formula is C27H32FN7O2. The Bertz CT molecular complexity index is 1300. The summed E-state index contributed by atoms with van der Waals surface area (Å²) >= 11 is 0. The van der Waals surface area contributed by atoms with Crippen LogP contribution in [-0.2, 0) is 11.3 Å². The largest absolute Gasteiger partial charge is 0.345 e. The first-order chi connectivity index (χ1) is 17.4. The molecular weight excluding hydrogens is 473 g/mol. The molecule has 2 aromatic carbocycles. The van der Waals surface area contributed by atoms with Crippen molar-refractivity contribution in [2.24, 2.45) is 10.4 Å². The van der Waals surface area contributed by atoms with Crippen molar-refractivity contribution in [3.63, 3.8) is 0 Å². The molecule has 2 amide bonds. The van der Waals surface area contributed by atoms with Crippen LogP contribution >= 0.6 is 0 Å². The number of nitrogens with zero attached hydrogens (tertiary/aromatic N) is 5. The molecule has 37 heavy (non-hydrogen) atoms. The van der Waals surface area contributed by atoms with Gasteiger partial charge in [0.25, 0.3) is 11.8 Å². The van der Waals surface area contributed by atoms with Gasteiger partial charge in [-0.1, -0.05) is 50.3 Å². The van der Waals surface area contributed by atoms with Gasteiger partial charge in [-0.05, 0) is 61.9 Å². The Hall–Kier alpha value is -3.95. The summed E-state index contributed by atoms with van der Waals surface area (Å²) in [5.41, 5.74) is 1.31. The number of halogens is 1. The first-order valence-corrected chi connectivity index (χ1v) is 12.2. The lowest BCUT2D eigenvalue weighted by atomic mass is 9.86. The van der Waals surface area contributed by atoms with E-state index in [0.29, 0.717) is 23.4 Å². The molecule has 0 aliphatic carbocycles. The van der Waals surface area contributed by atoms with Crippen LogP contribution in [0.4, 0.5) is 4.39 Å². The molecule has 9 nitrogen and oxygen atoms in total. The summed E-state index contributed by atoms with van der Waals surface area (Å²) in [5, 5.41) is 16.2. The second kappa shape index (κ2) is 10.2. The van der Waals surface area contributed by atoms with Crippen molar-refractivity contribution in [3.05, 3.63) is 76.9 Å². The number of carbonyl (C=O) groups is 2. The Balaban J connectivity index is 1.60. The lowest BCUT2D eigenvalue weighted by Crippen LogP contribution is -2.45. The number of benzene rings is 2. The van der Waals surface area contributed by atoms with E-state index in [1.54, 1.807) is 29.2 Å². The van der Waals surface area contributed by atoms with Crippen LogP contribution in [0, 0.1) is 11.2 Å². The summed E-state index contributed by atoms with van der Waals surface area (Å²) in [5.74, 6) is -0.536. The smallest absolute Gasteiger partial charge is 0.275 e. The topological polar surface area (TPSA) is 116 Å². The quantitative estimate of drug-likeness (QED) is 0.476. The van der Waals surface area contributed by atoms with Crippen LogP contribution in [0.5, 0.6) is 0 Å². The Labute approximate surface area is 215 Å². The number of hydrogen-bond acceptors (Lipinski definition) is 6. The van der Waals surface area contributed by atoms with E-state index in [1.165, 1.54) is 12.1 Å². The highest BCUT2D eigenvalue weighted by Crippen LogP contribution is 2.39. The monoisotopic (exact) mass is 505 g/mol. The molecule has 0 saturated heterocycles. The highest BCUT2D eigenvalue weighted by atomic mass is 19.1. The molecule has 0 radical (unpaired) electrons. The number of aromatic amines is 1. The fraction of sp³-hybridized carbons (Fsp3) is 0.407. The molecule has 0 fully saturated rings. The average Bonchev–Trinajstić information content (AvgIpc) is 3.44. The van der Waals surface area contributed by atoms with Crippen LogP contribution in [-0.4, -0.2) is 48.7 Å². The van der Waals surface area contributed by atoms with E-state index in [-0.39, 0.29) is 35.5 Å². The van der Waals surface area contributed by atoms with E-state index in [0.717, 1.165) is 12.0 Å². The molecule has 1 aliphatic heterocycles. The molecule has 4 rings (SSSR count). The number of carbonyl (C=O) groups excluding carboxylic acids is 2. The third-order valence-corrected chi connectivity index (χ3v) is 6.33. The van der Waals surface area contributed by atoms with Crippen molar-refractivity contribution in [1.29, 1.82) is 0 Å². The number of hydrogen-bond donors (Lipinski definition) is 2. The maximum atomic E-state index is 13.9. The van der Waals surface area contributed by atoms with Crippen molar-refractivity contribution in [3.8, 4) is 0 Å². The number of amides is 2. The highest BCUT2D eigenvalue weighted by molar-refractivity contribution is 6.46. The summed E-state index contributed by atoms with van der Waals surface area (Å²) in [7, 11) is 0. The van der Waals surface area contributed by atoms with Gasteiger partial charge in [-0.2, -0.15) is 5.21 Å². The minimum absolute atomic E-state index is 0.0480. The summed E-state index contributed by atoms with van der Waals surface area (Å²) in [6, 6.07) is 12.9. The zero-order valence-electron chi connectivity index (χ0n) is 21.7. The molecule has 0 saturated carbocycles. The minimum Gasteiger partial charge on any atom is -0.345 e. The van der Waals surface area contributed by atoms with E-state index in [2.05, 4.69) is 46.7 Å². The Morgan fingerprint density at radius 1 is 1.16 bits per heavy atom. The second-order valence-corrected chi connectivity index (χ2v) is 10.9. The molecule has 1 aliphatic rings. The minimum atomic E-state index is -0.831. The maximum absolute atomic E-state index is 13.9. The predicted molar refractivity (Wildman–Crippen MR) is 137 cm³/mol. The van der Waals surface area contributed by atoms with E-state index in [1.807, 2.05) is 26.0 Å². The Kier molecular flexibility index (Phi) is 7.20. The number of rotatable bonds is 8. The van der Waals surface area contributed by atoms with Gasteiger partial charge in [-0.15, -0.1) is 10.2 Å². The zero-order valence-corrected chi connectivity index (χ0v) is 21.7. The van der Waals surface area contributed by atoms with E-state index < -0.39 is 11.5 Å². The lowest BCUT2D eigenvalue weighted by Gasteiger charge is -2.38. The van der Waals surface area contributed by atoms with Crippen LogP contribution in [0.3, 0.4) is 0 Å². The van der Waals surface area contributed by atoms with Crippen LogP contribution in [0.15, 0.2) is 53.5 Å². The lowest BCUT2D eigenvalue weighted by molar-refractivity contribution is -0.130. The molecule has 10 heteroatoms. The Morgan fingerprint density at radius 3 is 2.51 bits per heavy atom. The zero-order chi connectivity index (χ0) is 26.8. The molecule has 0 spiro atoms. The molecule has 0 bridgehead atoms. The van der Waals surface area contributed by atoms with Gasteiger partial charge in [0, 0.05) is 11.1 Å².